The molecule has 0 saturated carbocycles. The second-order valence-electron chi connectivity index (χ2n) is 4.13. The second kappa shape index (κ2) is 3.88. The number of methoxy groups -OCH3 is 1. The van der Waals surface area contributed by atoms with E-state index in [1.54, 1.807) is 25.1 Å². The first-order valence-electron chi connectivity index (χ1n) is 5.06. The highest BCUT2D eigenvalue weighted by Crippen LogP contribution is 2.30. The van der Waals surface area contributed by atoms with E-state index in [2.05, 4.69) is 4.74 Å². The first-order chi connectivity index (χ1) is 7.54. The average Bonchev–Trinajstić information content (AvgIpc) is 2.27. The molecule has 1 aromatic carbocycles. The molecule has 0 saturated heterocycles. The molecular weight excluding hydrogens is 208 g/mol. The maximum absolute atomic E-state index is 11.3. The Kier molecular flexibility index (Phi) is 2.69. The van der Waals surface area contributed by atoms with Gasteiger partial charge in [-0.25, -0.2) is 4.79 Å². The Balaban J connectivity index is 2.43. The molecule has 4 nitrogen and oxygen atoms in total. The van der Waals surface area contributed by atoms with Gasteiger partial charge in [0.25, 0.3) is 0 Å². The van der Waals surface area contributed by atoms with E-state index in [4.69, 9.17) is 4.74 Å². The maximum Gasteiger partial charge on any atom is 0.337 e. The van der Waals surface area contributed by atoms with Crippen molar-refractivity contribution in [2.24, 2.45) is 0 Å². The zero-order valence-electron chi connectivity index (χ0n) is 9.32. The highest BCUT2D eigenvalue weighted by molar-refractivity contribution is 5.89. The fraction of sp³-hybridized carbons (Fsp3) is 0.417. The predicted octanol–water partition coefficient (Wildman–Crippen LogP) is 1.21. The largest absolute Gasteiger partial charge is 0.465 e. The lowest BCUT2D eigenvalue weighted by atomic mass is 9.89. The third-order valence-corrected chi connectivity index (χ3v) is 2.75. The van der Waals surface area contributed by atoms with E-state index in [0.717, 1.165) is 11.1 Å². The van der Waals surface area contributed by atoms with E-state index in [-0.39, 0.29) is 12.6 Å². The summed E-state index contributed by atoms with van der Waals surface area (Å²) in [5.41, 5.74) is 1.13. The van der Waals surface area contributed by atoms with Crippen molar-refractivity contribution in [3.63, 3.8) is 0 Å². The van der Waals surface area contributed by atoms with Gasteiger partial charge in [0.15, 0.2) is 0 Å². The molecular formula is C12H14O4. The molecule has 1 N–H and O–H groups in total. The lowest BCUT2D eigenvalue weighted by Crippen LogP contribution is -2.33. The van der Waals surface area contributed by atoms with Crippen LogP contribution in [0.25, 0.3) is 0 Å². The minimum atomic E-state index is -0.984. The van der Waals surface area contributed by atoms with Crippen LogP contribution in [0.1, 0.15) is 28.4 Å². The van der Waals surface area contributed by atoms with Crippen molar-refractivity contribution < 1.29 is 19.4 Å². The molecule has 1 aliphatic heterocycles. The van der Waals surface area contributed by atoms with Crippen molar-refractivity contribution in [1.29, 1.82) is 0 Å². The van der Waals surface area contributed by atoms with Crippen molar-refractivity contribution >= 4 is 5.97 Å². The second-order valence-corrected chi connectivity index (χ2v) is 4.13. The van der Waals surface area contributed by atoms with Crippen LogP contribution in [0.2, 0.25) is 0 Å². The van der Waals surface area contributed by atoms with Gasteiger partial charge in [0.05, 0.1) is 25.9 Å². The van der Waals surface area contributed by atoms with Gasteiger partial charge in [-0.1, -0.05) is 6.07 Å². The van der Waals surface area contributed by atoms with Gasteiger partial charge >= 0.3 is 5.97 Å². The van der Waals surface area contributed by atoms with E-state index >= 15 is 0 Å². The van der Waals surface area contributed by atoms with E-state index in [1.807, 2.05) is 0 Å². The van der Waals surface area contributed by atoms with Gasteiger partial charge in [0.1, 0.15) is 5.60 Å². The summed E-state index contributed by atoms with van der Waals surface area (Å²) in [4.78, 5) is 11.3. The van der Waals surface area contributed by atoms with E-state index in [1.165, 1.54) is 7.11 Å². The Bertz CT molecular complexity index is 423. The van der Waals surface area contributed by atoms with Gasteiger partial charge in [-0.2, -0.15) is 0 Å². The number of benzene rings is 1. The first-order valence-corrected chi connectivity index (χ1v) is 5.06. The summed E-state index contributed by atoms with van der Waals surface area (Å²) in [5.74, 6) is -0.381. The Morgan fingerprint density at radius 3 is 3.00 bits per heavy atom. The van der Waals surface area contributed by atoms with Crippen LogP contribution in [-0.2, 0) is 21.7 Å². The van der Waals surface area contributed by atoms with Gasteiger partial charge < -0.3 is 14.6 Å². The zero-order valence-corrected chi connectivity index (χ0v) is 9.32. The van der Waals surface area contributed by atoms with Crippen molar-refractivity contribution in [3.05, 3.63) is 34.9 Å². The van der Waals surface area contributed by atoms with Crippen LogP contribution in [0.4, 0.5) is 0 Å². The number of carbonyl (C=O) groups excluding carboxylic acids is 1. The molecule has 0 amide bonds. The minimum absolute atomic E-state index is 0.275. The van der Waals surface area contributed by atoms with Gasteiger partial charge in [-0.15, -0.1) is 0 Å². The Hall–Kier alpha value is -1.39. The maximum atomic E-state index is 11.3. The minimum Gasteiger partial charge on any atom is -0.465 e. The number of fused-ring (bicyclic) bond motifs is 1. The van der Waals surface area contributed by atoms with E-state index in [0.29, 0.717) is 12.2 Å². The number of ether oxygens (including phenoxy) is 2. The smallest absolute Gasteiger partial charge is 0.337 e. The summed E-state index contributed by atoms with van der Waals surface area (Å²) < 4.78 is 9.91. The van der Waals surface area contributed by atoms with Gasteiger partial charge in [-0.3, -0.25) is 0 Å². The summed E-state index contributed by atoms with van der Waals surface area (Å²) >= 11 is 0. The van der Waals surface area contributed by atoms with Crippen molar-refractivity contribution in [1.82, 2.24) is 0 Å². The summed E-state index contributed by atoms with van der Waals surface area (Å²) in [5, 5.41) is 10.1. The van der Waals surface area contributed by atoms with Crippen molar-refractivity contribution in [3.8, 4) is 0 Å². The molecule has 1 atom stereocenters. The fourth-order valence-corrected chi connectivity index (χ4v) is 1.92. The Morgan fingerprint density at radius 1 is 1.56 bits per heavy atom. The molecule has 0 radical (unpaired) electrons. The van der Waals surface area contributed by atoms with E-state index in [9.17, 15) is 9.90 Å². The topological polar surface area (TPSA) is 55.8 Å². The van der Waals surface area contributed by atoms with Crippen LogP contribution in [0, 0.1) is 0 Å². The molecule has 0 spiro atoms. The van der Waals surface area contributed by atoms with E-state index < -0.39 is 5.60 Å². The number of carbonyl (C=O) groups is 1. The highest BCUT2D eigenvalue weighted by Gasteiger charge is 2.30. The van der Waals surface area contributed by atoms with Gasteiger partial charge in [0.2, 0.25) is 0 Å². The molecule has 0 bridgehead atoms. The van der Waals surface area contributed by atoms with Crippen LogP contribution >= 0.6 is 0 Å². The third-order valence-electron chi connectivity index (χ3n) is 2.75. The third kappa shape index (κ3) is 1.81. The normalized spacial score (nSPS) is 23.7. The van der Waals surface area contributed by atoms with Crippen LogP contribution in [0.3, 0.4) is 0 Å². The Labute approximate surface area is 93.8 Å². The zero-order chi connectivity index (χ0) is 11.8. The van der Waals surface area contributed by atoms with Crippen LogP contribution in [0.5, 0.6) is 0 Å². The first kappa shape index (κ1) is 11.1. The molecule has 0 unspecified atom stereocenters. The SMILES string of the molecule is COC(=O)c1ccc2c(c1)COC[C@@]2(C)O. The molecule has 2 rings (SSSR count). The molecule has 0 aliphatic carbocycles. The number of hydrogen-bond acceptors (Lipinski definition) is 4. The highest BCUT2D eigenvalue weighted by atomic mass is 16.5. The van der Waals surface area contributed by atoms with Crippen LogP contribution in [-0.4, -0.2) is 24.8 Å². The van der Waals surface area contributed by atoms with Crippen LogP contribution < -0.4 is 0 Å². The molecule has 86 valence electrons. The van der Waals surface area contributed by atoms with Crippen molar-refractivity contribution in [2.75, 3.05) is 13.7 Å². The quantitative estimate of drug-likeness (QED) is 0.726. The van der Waals surface area contributed by atoms with Crippen LogP contribution in [0.15, 0.2) is 18.2 Å². The fourth-order valence-electron chi connectivity index (χ4n) is 1.92. The molecule has 1 aromatic rings. The lowest BCUT2D eigenvalue weighted by molar-refractivity contribution is -0.0603. The number of rotatable bonds is 1. The molecule has 1 heterocycles. The number of esters is 1. The summed E-state index contributed by atoms with van der Waals surface area (Å²) in [6.45, 7) is 2.39. The summed E-state index contributed by atoms with van der Waals surface area (Å²) in [7, 11) is 1.34. The average molecular weight is 222 g/mol. The van der Waals surface area contributed by atoms with Crippen molar-refractivity contribution in [2.45, 2.75) is 19.1 Å². The summed E-state index contributed by atoms with van der Waals surface area (Å²) in [6.07, 6.45) is 0. The predicted molar refractivity (Wildman–Crippen MR) is 57.0 cm³/mol. The monoisotopic (exact) mass is 222 g/mol. The van der Waals surface area contributed by atoms with Gasteiger partial charge in [-0.05, 0) is 30.2 Å². The molecule has 1 aliphatic rings. The molecule has 0 aromatic heterocycles. The number of aliphatic hydroxyl groups is 1. The standard InChI is InChI=1S/C12H14O4/c1-12(14)7-16-6-9-5-8(11(13)15-2)3-4-10(9)12/h3-5,14H,6-7H2,1-2H3/t12-/m1/s1. The lowest BCUT2D eigenvalue weighted by Gasteiger charge is -2.31. The summed E-state index contributed by atoms with van der Waals surface area (Å²) in [6, 6.07) is 5.11. The molecule has 0 fully saturated rings. The molecule has 16 heavy (non-hydrogen) atoms. The molecule has 4 heteroatoms. The van der Waals surface area contributed by atoms with Gasteiger partial charge in [0, 0.05) is 0 Å². The Morgan fingerprint density at radius 2 is 2.31 bits per heavy atom. The number of hydrogen-bond donors (Lipinski definition) is 1.